The molecule has 14 aromatic rings. The van der Waals surface area contributed by atoms with Crippen LogP contribution in [-0.4, -0.2) is 9.55 Å². The third kappa shape index (κ3) is 6.17. The van der Waals surface area contributed by atoms with Crippen LogP contribution in [0.3, 0.4) is 0 Å². The van der Waals surface area contributed by atoms with Crippen molar-refractivity contribution in [2.24, 2.45) is 0 Å². The number of hydrogen-bond acceptors (Lipinski definition) is 2. The second-order valence-electron chi connectivity index (χ2n) is 17.9. The Morgan fingerprint density at radius 2 is 0.721 bits per heavy atom. The van der Waals surface area contributed by atoms with E-state index in [0.29, 0.717) is 0 Å². The minimum absolute atomic E-state index is 0.865. The quantitative estimate of drug-likeness (QED) is 0.156. The van der Waals surface area contributed by atoms with Crippen LogP contribution in [0.1, 0.15) is 0 Å². The second-order valence-corrected chi connectivity index (χ2v) is 17.9. The fourth-order valence-corrected chi connectivity index (χ4v) is 10.7. The molecule has 68 heavy (non-hydrogen) atoms. The summed E-state index contributed by atoms with van der Waals surface area (Å²) in [5.74, 6) is 0. The predicted molar refractivity (Wildman–Crippen MR) is 286 cm³/mol. The molecule has 0 saturated heterocycles. The molecule has 0 fully saturated rings. The summed E-state index contributed by atoms with van der Waals surface area (Å²) < 4.78 is 8.73. The third-order valence-corrected chi connectivity index (χ3v) is 13.9. The summed E-state index contributed by atoms with van der Waals surface area (Å²) in [5, 5.41) is 12.1. The largest absolute Gasteiger partial charge is 0.456 e. The minimum Gasteiger partial charge on any atom is -0.456 e. The van der Waals surface area contributed by atoms with Crippen LogP contribution in [0.25, 0.3) is 138 Å². The van der Waals surface area contributed by atoms with Gasteiger partial charge in [-0.3, -0.25) is 0 Å². The van der Waals surface area contributed by atoms with Crippen LogP contribution in [0.15, 0.2) is 247 Å². The summed E-state index contributed by atoms with van der Waals surface area (Å²) in [7, 11) is 0. The molecule has 0 aliphatic heterocycles. The highest BCUT2D eigenvalue weighted by atomic mass is 16.3. The Hall–Kier alpha value is -9.05. The normalized spacial score (nSPS) is 11.8. The van der Waals surface area contributed by atoms with Crippen LogP contribution in [0, 0.1) is 0 Å². The number of fused-ring (bicyclic) bond motifs is 12. The molecule has 0 saturated carbocycles. The van der Waals surface area contributed by atoms with Gasteiger partial charge in [0.2, 0.25) is 0 Å². The van der Waals surface area contributed by atoms with Gasteiger partial charge in [-0.05, 0) is 138 Å². The first-order valence-electron chi connectivity index (χ1n) is 23.3. The molecule has 0 aliphatic carbocycles. The Morgan fingerprint density at radius 3 is 1.44 bits per heavy atom. The zero-order chi connectivity index (χ0) is 44.7. The van der Waals surface area contributed by atoms with Gasteiger partial charge in [-0.25, -0.2) is 4.98 Å². The maximum atomic E-state index is 6.28. The van der Waals surface area contributed by atoms with E-state index < -0.39 is 0 Å². The van der Waals surface area contributed by atoms with Crippen LogP contribution in [0.5, 0.6) is 0 Å². The first-order chi connectivity index (χ1) is 33.7. The molecule has 0 aliphatic rings. The Labute approximate surface area is 392 Å². The number of para-hydroxylation sites is 2. The fourth-order valence-electron chi connectivity index (χ4n) is 10.7. The van der Waals surface area contributed by atoms with Gasteiger partial charge in [0.15, 0.2) is 0 Å². The molecule has 0 atom stereocenters. The molecule has 11 aromatic carbocycles. The van der Waals surface area contributed by atoms with Gasteiger partial charge in [-0.15, -0.1) is 0 Å². The number of aromatic nitrogens is 2. The maximum Gasteiger partial charge on any atom is 0.135 e. The predicted octanol–water partition coefficient (Wildman–Crippen LogP) is 17.9. The lowest BCUT2D eigenvalue weighted by Gasteiger charge is -2.16. The molecule has 0 amide bonds. The average molecular weight is 865 g/mol. The lowest BCUT2D eigenvalue weighted by molar-refractivity contribution is 0.669. The summed E-state index contributed by atoms with van der Waals surface area (Å²) in [6.07, 6.45) is 0. The van der Waals surface area contributed by atoms with Crippen LogP contribution in [0.2, 0.25) is 0 Å². The van der Waals surface area contributed by atoms with Gasteiger partial charge in [-0.2, -0.15) is 0 Å². The summed E-state index contributed by atoms with van der Waals surface area (Å²) >= 11 is 0. The van der Waals surface area contributed by atoms with Crippen molar-refractivity contribution in [3.63, 3.8) is 0 Å². The van der Waals surface area contributed by atoms with Crippen LogP contribution in [0.4, 0.5) is 0 Å². The van der Waals surface area contributed by atoms with E-state index in [2.05, 4.69) is 235 Å². The van der Waals surface area contributed by atoms with Gasteiger partial charge in [0.1, 0.15) is 11.2 Å². The molecule has 0 N–H and O–H groups in total. The van der Waals surface area contributed by atoms with E-state index in [-0.39, 0.29) is 0 Å². The molecule has 0 radical (unpaired) electrons. The molecule has 3 nitrogen and oxygen atoms in total. The standard InChI is InChI=1S/C65H40N2O/c1-3-15-41(16-4-1)44-28-31-56-55-23-11-13-25-62(55)67(63(56)40-44)49-34-46(43-27-30-54-52-21-8-7-19-50(52)51-20-9-10-22-53(51)58(54)36-43)33-48(35-49)61-39-47(42-17-5-2-6-18-42)38-60(66-61)45-29-32-65-59(37-45)57-24-12-14-26-64(57)68-65/h1-40H. The first kappa shape index (κ1) is 38.2. The van der Waals surface area contributed by atoms with E-state index in [1.54, 1.807) is 0 Å². The van der Waals surface area contributed by atoms with E-state index >= 15 is 0 Å². The van der Waals surface area contributed by atoms with Crippen LogP contribution < -0.4 is 0 Å². The molecule has 0 bridgehead atoms. The first-order valence-corrected chi connectivity index (χ1v) is 23.3. The van der Waals surface area contributed by atoms with Crippen molar-refractivity contribution < 1.29 is 4.42 Å². The molecular formula is C65H40N2O. The molecule has 3 heterocycles. The number of pyridine rings is 1. The second kappa shape index (κ2) is 15.3. The highest BCUT2D eigenvalue weighted by Crippen LogP contribution is 2.42. The molecule has 3 heteroatoms. The lowest BCUT2D eigenvalue weighted by atomic mass is 9.91. The Kier molecular flexibility index (Phi) is 8.59. The highest BCUT2D eigenvalue weighted by Gasteiger charge is 2.19. The van der Waals surface area contributed by atoms with Gasteiger partial charge < -0.3 is 8.98 Å². The number of benzene rings is 11. The molecular weight excluding hydrogens is 825 g/mol. The fraction of sp³-hybridized carbons (Fsp3) is 0. The Balaban J connectivity index is 1.05. The minimum atomic E-state index is 0.865. The van der Waals surface area contributed by atoms with E-state index in [1.807, 2.05) is 12.1 Å². The SMILES string of the molecule is c1ccc(-c2cc(-c3cc(-c4ccc5c6ccccc6c6ccccc6c5c4)cc(-n4c5ccccc5c5ccc(-c6ccccc6)cc54)c3)nc(-c3ccc4oc5ccccc5c4c3)c2)cc1. The van der Waals surface area contributed by atoms with E-state index in [0.717, 1.165) is 83.4 Å². The zero-order valence-corrected chi connectivity index (χ0v) is 36.9. The summed E-state index contributed by atoms with van der Waals surface area (Å²) in [6.45, 7) is 0. The molecule has 14 rings (SSSR count). The van der Waals surface area contributed by atoms with Crippen molar-refractivity contribution in [3.05, 3.63) is 243 Å². The van der Waals surface area contributed by atoms with Gasteiger partial charge in [-0.1, -0.05) is 170 Å². The van der Waals surface area contributed by atoms with E-state index in [9.17, 15) is 0 Å². The van der Waals surface area contributed by atoms with Crippen molar-refractivity contribution in [3.8, 4) is 61.6 Å². The number of hydrogen-bond donors (Lipinski definition) is 0. The van der Waals surface area contributed by atoms with Crippen molar-refractivity contribution in [2.45, 2.75) is 0 Å². The molecule has 3 aromatic heterocycles. The van der Waals surface area contributed by atoms with Crippen molar-refractivity contribution >= 4 is 76.1 Å². The number of furan rings is 1. The highest BCUT2D eigenvalue weighted by molar-refractivity contribution is 6.26. The zero-order valence-electron chi connectivity index (χ0n) is 36.9. The summed E-state index contributed by atoms with van der Waals surface area (Å²) in [4.78, 5) is 5.59. The van der Waals surface area contributed by atoms with Crippen molar-refractivity contribution in [2.75, 3.05) is 0 Å². The number of rotatable bonds is 6. The average Bonchev–Trinajstić information content (AvgIpc) is 3.96. The van der Waals surface area contributed by atoms with Gasteiger partial charge in [0.05, 0.1) is 22.4 Å². The smallest absolute Gasteiger partial charge is 0.135 e. The summed E-state index contributed by atoms with van der Waals surface area (Å²) in [6, 6.07) is 87.9. The van der Waals surface area contributed by atoms with E-state index in [4.69, 9.17) is 9.40 Å². The molecule has 316 valence electrons. The summed E-state index contributed by atoms with van der Waals surface area (Å²) in [5.41, 5.74) is 15.8. The van der Waals surface area contributed by atoms with E-state index in [1.165, 1.54) is 54.2 Å². The Morgan fingerprint density at radius 1 is 0.250 bits per heavy atom. The topological polar surface area (TPSA) is 31.0 Å². The molecule has 0 unspecified atom stereocenters. The monoisotopic (exact) mass is 864 g/mol. The molecule has 0 spiro atoms. The van der Waals surface area contributed by atoms with Crippen LogP contribution in [-0.2, 0) is 0 Å². The lowest BCUT2D eigenvalue weighted by Crippen LogP contribution is -1.98. The Bertz CT molecular complexity index is 4280. The van der Waals surface area contributed by atoms with Crippen LogP contribution >= 0.6 is 0 Å². The van der Waals surface area contributed by atoms with Crippen molar-refractivity contribution in [1.29, 1.82) is 0 Å². The number of nitrogens with zero attached hydrogens (tertiary/aromatic N) is 2. The van der Waals surface area contributed by atoms with Crippen molar-refractivity contribution in [1.82, 2.24) is 9.55 Å². The third-order valence-electron chi connectivity index (χ3n) is 13.9. The maximum absolute atomic E-state index is 6.28. The van der Waals surface area contributed by atoms with Gasteiger partial charge in [0.25, 0.3) is 0 Å². The van der Waals surface area contributed by atoms with Gasteiger partial charge >= 0.3 is 0 Å². The van der Waals surface area contributed by atoms with Gasteiger partial charge in [0, 0.05) is 38.4 Å².